The van der Waals surface area contributed by atoms with E-state index in [0.29, 0.717) is 11.4 Å². The van der Waals surface area contributed by atoms with Gasteiger partial charge in [0.05, 0.1) is 17.4 Å². The fourth-order valence-electron chi connectivity index (χ4n) is 1.27. The van der Waals surface area contributed by atoms with Crippen LogP contribution in [0.15, 0.2) is 36.7 Å². The molecule has 0 aliphatic rings. The van der Waals surface area contributed by atoms with Gasteiger partial charge in [-0.2, -0.15) is 5.26 Å². The van der Waals surface area contributed by atoms with Crippen molar-refractivity contribution in [3.63, 3.8) is 0 Å². The SMILES string of the molecule is Cc1ccc(Nc2ncccc2C#N)cn1. The molecule has 0 atom stereocenters. The third kappa shape index (κ3) is 2.15. The van der Waals surface area contributed by atoms with Gasteiger partial charge in [0.25, 0.3) is 0 Å². The molecule has 16 heavy (non-hydrogen) atoms. The Morgan fingerprint density at radius 3 is 2.81 bits per heavy atom. The Morgan fingerprint density at radius 1 is 1.25 bits per heavy atom. The van der Waals surface area contributed by atoms with Crippen LogP contribution in [-0.2, 0) is 0 Å². The number of nitriles is 1. The van der Waals surface area contributed by atoms with Crippen molar-refractivity contribution in [3.8, 4) is 6.07 Å². The van der Waals surface area contributed by atoms with E-state index in [1.165, 1.54) is 0 Å². The van der Waals surface area contributed by atoms with E-state index < -0.39 is 0 Å². The van der Waals surface area contributed by atoms with Gasteiger partial charge in [0.2, 0.25) is 0 Å². The predicted molar refractivity (Wildman–Crippen MR) is 61.2 cm³/mol. The highest BCUT2D eigenvalue weighted by atomic mass is 15.0. The molecule has 0 unspecified atom stereocenters. The van der Waals surface area contributed by atoms with Crippen LogP contribution in [0.5, 0.6) is 0 Å². The van der Waals surface area contributed by atoms with E-state index >= 15 is 0 Å². The molecule has 0 saturated carbocycles. The van der Waals surface area contributed by atoms with Crippen LogP contribution in [0.2, 0.25) is 0 Å². The van der Waals surface area contributed by atoms with Gasteiger partial charge in [-0.3, -0.25) is 4.98 Å². The van der Waals surface area contributed by atoms with Gasteiger partial charge in [0.15, 0.2) is 0 Å². The van der Waals surface area contributed by atoms with Crippen molar-refractivity contribution in [3.05, 3.63) is 47.9 Å². The molecule has 78 valence electrons. The third-order valence-corrected chi connectivity index (χ3v) is 2.10. The summed E-state index contributed by atoms with van der Waals surface area (Å²) in [5, 5.41) is 11.9. The number of anilines is 2. The number of pyridine rings is 2. The lowest BCUT2D eigenvalue weighted by molar-refractivity contribution is 1.19. The zero-order valence-corrected chi connectivity index (χ0v) is 8.81. The van der Waals surface area contributed by atoms with Gasteiger partial charge in [-0.1, -0.05) is 0 Å². The third-order valence-electron chi connectivity index (χ3n) is 2.10. The molecule has 0 aliphatic carbocycles. The highest BCUT2D eigenvalue weighted by Crippen LogP contribution is 2.16. The summed E-state index contributed by atoms with van der Waals surface area (Å²) < 4.78 is 0. The van der Waals surface area contributed by atoms with Crippen molar-refractivity contribution >= 4 is 11.5 Å². The zero-order valence-electron chi connectivity index (χ0n) is 8.81. The Bertz CT molecular complexity index is 525. The van der Waals surface area contributed by atoms with Gasteiger partial charge in [0.1, 0.15) is 11.9 Å². The summed E-state index contributed by atoms with van der Waals surface area (Å²) in [7, 11) is 0. The molecular formula is C12H10N4. The molecule has 0 spiro atoms. The van der Waals surface area contributed by atoms with Crippen molar-refractivity contribution in [1.82, 2.24) is 9.97 Å². The Balaban J connectivity index is 2.27. The summed E-state index contributed by atoms with van der Waals surface area (Å²) in [6.45, 7) is 1.92. The molecule has 2 aromatic rings. The fraction of sp³-hybridized carbons (Fsp3) is 0.0833. The first-order chi connectivity index (χ1) is 7.79. The minimum Gasteiger partial charge on any atom is -0.338 e. The minimum atomic E-state index is 0.517. The second kappa shape index (κ2) is 4.41. The smallest absolute Gasteiger partial charge is 0.148 e. The van der Waals surface area contributed by atoms with Gasteiger partial charge >= 0.3 is 0 Å². The molecule has 2 heterocycles. The predicted octanol–water partition coefficient (Wildman–Crippen LogP) is 2.40. The standard InChI is InChI=1S/C12H10N4/c1-9-4-5-11(8-15-9)16-12-10(7-13)3-2-6-14-12/h2-6,8H,1H3,(H,14,16). The first-order valence-corrected chi connectivity index (χ1v) is 4.84. The quantitative estimate of drug-likeness (QED) is 0.826. The lowest BCUT2D eigenvalue weighted by Gasteiger charge is -2.06. The van der Waals surface area contributed by atoms with Crippen LogP contribution in [0, 0.1) is 18.3 Å². The molecule has 0 saturated heterocycles. The van der Waals surface area contributed by atoms with Crippen LogP contribution in [0.25, 0.3) is 0 Å². The molecular weight excluding hydrogens is 200 g/mol. The van der Waals surface area contributed by atoms with Crippen LogP contribution in [0.3, 0.4) is 0 Å². The maximum absolute atomic E-state index is 8.89. The summed E-state index contributed by atoms with van der Waals surface area (Å²) in [4.78, 5) is 8.26. The van der Waals surface area contributed by atoms with E-state index in [1.54, 1.807) is 24.5 Å². The number of rotatable bonds is 2. The number of hydrogen-bond donors (Lipinski definition) is 1. The van der Waals surface area contributed by atoms with Crippen LogP contribution in [0.1, 0.15) is 11.3 Å². The second-order valence-electron chi connectivity index (χ2n) is 3.32. The topological polar surface area (TPSA) is 61.6 Å². The largest absolute Gasteiger partial charge is 0.338 e. The van der Waals surface area contributed by atoms with Crippen LogP contribution < -0.4 is 5.32 Å². The van der Waals surface area contributed by atoms with Gasteiger partial charge < -0.3 is 5.32 Å². The Hall–Kier alpha value is -2.41. The molecule has 0 radical (unpaired) electrons. The number of nitrogens with one attached hydrogen (secondary N) is 1. The van der Waals surface area contributed by atoms with Crippen LogP contribution in [0.4, 0.5) is 11.5 Å². The molecule has 0 aromatic carbocycles. The molecule has 0 fully saturated rings. The van der Waals surface area contributed by atoms with E-state index in [0.717, 1.165) is 11.4 Å². The highest BCUT2D eigenvalue weighted by Gasteiger charge is 2.02. The fourth-order valence-corrected chi connectivity index (χ4v) is 1.27. The molecule has 2 rings (SSSR count). The summed E-state index contributed by atoms with van der Waals surface area (Å²) in [5.74, 6) is 0.552. The van der Waals surface area contributed by atoms with Crippen LogP contribution in [-0.4, -0.2) is 9.97 Å². The average Bonchev–Trinajstić information content (AvgIpc) is 2.33. The van der Waals surface area contributed by atoms with Gasteiger partial charge in [-0.05, 0) is 31.2 Å². The van der Waals surface area contributed by atoms with Crippen molar-refractivity contribution in [2.24, 2.45) is 0 Å². The van der Waals surface area contributed by atoms with Gasteiger partial charge in [0, 0.05) is 11.9 Å². The zero-order chi connectivity index (χ0) is 11.4. The van der Waals surface area contributed by atoms with Gasteiger partial charge in [-0.25, -0.2) is 4.98 Å². The van der Waals surface area contributed by atoms with E-state index in [9.17, 15) is 0 Å². The molecule has 0 bridgehead atoms. The summed E-state index contributed by atoms with van der Waals surface area (Å²) in [5.41, 5.74) is 2.29. The number of hydrogen-bond acceptors (Lipinski definition) is 4. The average molecular weight is 210 g/mol. The lowest BCUT2D eigenvalue weighted by atomic mass is 10.2. The highest BCUT2D eigenvalue weighted by molar-refractivity contribution is 5.61. The van der Waals surface area contributed by atoms with Crippen molar-refractivity contribution in [2.45, 2.75) is 6.92 Å². The van der Waals surface area contributed by atoms with Crippen molar-refractivity contribution < 1.29 is 0 Å². The first kappa shape index (κ1) is 10.1. The first-order valence-electron chi connectivity index (χ1n) is 4.84. The van der Waals surface area contributed by atoms with E-state index in [2.05, 4.69) is 21.4 Å². The number of aromatic nitrogens is 2. The summed E-state index contributed by atoms with van der Waals surface area (Å²) >= 11 is 0. The normalized spacial score (nSPS) is 9.50. The van der Waals surface area contributed by atoms with E-state index in [1.807, 2.05) is 19.1 Å². The number of aryl methyl sites for hydroxylation is 1. The summed E-state index contributed by atoms with van der Waals surface area (Å²) in [6, 6.07) is 9.34. The monoisotopic (exact) mass is 210 g/mol. The summed E-state index contributed by atoms with van der Waals surface area (Å²) in [6.07, 6.45) is 3.36. The maximum atomic E-state index is 8.89. The van der Waals surface area contributed by atoms with Crippen molar-refractivity contribution in [2.75, 3.05) is 5.32 Å². The van der Waals surface area contributed by atoms with E-state index in [-0.39, 0.29) is 0 Å². The Morgan fingerprint density at radius 2 is 2.12 bits per heavy atom. The molecule has 0 aliphatic heterocycles. The second-order valence-corrected chi connectivity index (χ2v) is 3.32. The maximum Gasteiger partial charge on any atom is 0.148 e. The van der Waals surface area contributed by atoms with E-state index in [4.69, 9.17) is 5.26 Å². The molecule has 1 N–H and O–H groups in total. The van der Waals surface area contributed by atoms with Crippen LogP contribution >= 0.6 is 0 Å². The lowest BCUT2D eigenvalue weighted by Crippen LogP contribution is -1.96. The number of nitrogens with zero attached hydrogens (tertiary/aromatic N) is 3. The van der Waals surface area contributed by atoms with Gasteiger partial charge in [-0.15, -0.1) is 0 Å². The van der Waals surface area contributed by atoms with Crippen molar-refractivity contribution in [1.29, 1.82) is 5.26 Å². The molecule has 2 aromatic heterocycles. The Kier molecular flexibility index (Phi) is 2.79. The molecule has 4 heteroatoms. The molecule has 4 nitrogen and oxygen atoms in total. The molecule has 0 amide bonds. The minimum absolute atomic E-state index is 0.517. The Labute approximate surface area is 93.6 Å².